The molecule has 76 valence electrons. The molecule has 0 radical (unpaired) electrons. The second-order valence-electron chi connectivity index (χ2n) is 3.71. The van der Waals surface area contributed by atoms with E-state index in [0.29, 0.717) is 5.92 Å². The molecule has 0 aromatic heterocycles. The van der Waals surface area contributed by atoms with Crippen LogP contribution in [0.5, 0.6) is 0 Å². The van der Waals surface area contributed by atoms with Crippen LogP contribution in [0.3, 0.4) is 0 Å². The first-order valence-electron chi connectivity index (χ1n) is 4.91. The van der Waals surface area contributed by atoms with Gasteiger partial charge in [0.2, 0.25) is 0 Å². The van der Waals surface area contributed by atoms with Crippen molar-refractivity contribution in [3.05, 3.63) is 35.9 Å². The average molecular weight is 209 g/mol. The van der Waals surface area contributed by atoms with E-state index >= 15 is 0 Å². The van der Waals surface area contributed by atoms with Gasteiger partial charge in [0.25, 0.3) is 0 Å². The molecule has 0 saturated carbocycles. The molecule has 0 N–H and O–H groups in total. The number of hydrogen-bond donors (Lipinski definition) is 0. The monoisotopic (exact) mass is 209 g/mol. The van der Waals surface area contributed by atoms with E-state index in [2.05, 4.69) is 24.3 Å². The van der Waals surface area contributed by atoms with Gasteiger partial charge in [-0.1, -0.05) is 30.3 Å². The van der Waals surface area contributed by atoms with Crippen molar-refractivity contribution in [1.29, 1.82) is 0 Å². The third kappa shape index (κ3) is 2.04. The summed E-state index contributed by atoms with van der Waals surface area (Å²) >= 11 is 0. The molecular weight excluding hydrogens is 194 g/mol. The van der Waals surface area contributed by atoms with Crippen LogP contribution >= 0.6 is 0 Å². The van der Waals surface area contributed by atoms with Crippen molar-refractivity contribution >= 4 is 11.0 Å². The molecule has 0 bridgehead atoms. The van der Waals surface area contributed by atoms with Crippen LogP contribution in [0.15, 0.2) is 30.3 Å². The van der Waals surface area contributed by atoms with E-state index in [-0.39, 0.29) is 0 Å². The predicted molar refractivity (Wildman–Crippen MR) is 59.4 cm³/mol. The lowest BCUT2D eigenvalue weighted by molar-refractivity contribution is 0.532. The normalized spacial score (nSPS) is 25.1. The van der Waals surface area contributed by atoms with Crippen LogP contribution in [-0.4, -0.2) is 27.9 Å². The first-order chi connectivity index (χ1) is 6.77. The molecule has 1 saturated heterocycles. The van der Waals surface area contributed by atoms with Crippen molar-refractivity contribution in [2.45, 2.75) is 12.3 Å². The molecule has 1 aliphatic rings. The van der Waals surface area contributed by atoms with E-state index in [4.69, 9.17) is 0 Å². The number of rotatable bonds is 2. The second-order valence-corrected chi connectivity index (χ2v) is 5.07. The highest BCUT2D eigenvalue weighted by Gasteiger charge is 2.25. The zero-order valence-electron chi connectivity index (χ0n) is 8.35. The van der Waals surface area contributed by atoms with Crippen LogP contribution < -0.4 is 0 Å². The summed E-state index contributed by atoms with van der Waals surface area (Å²) < 4.78 is 13.3. The summed E-state index contributed by atoms with van der Waals surface area (Å²) in [6.07, 6.45) is 2.89. The minimum Gasteiger partial charge on any atom is -0.243 e. The second kappa shape index (κ2) is 4.24. The minimum atomic E-state index is -0.802. The maximum Gasteiger partial charge on any atom is 0.0910 e. The van der Waals surface area contributed by atoms with Gasteiger partial charge in [-0.05, 0) is 17.9 Å². The smallest absolute Gasteiger partial charge is 0.0910 e. The minimum absolute atomic E-state index is 0.570. The van der Waals surface area contributed by atoms with Crippen LogP contribution in [0.2, 0.25) is 0 Å². The first-order valence-corrected chi connectivity index (χ1v) is 6.42. The van der Waals surface area contributed by atoms with E-state index in [9.17, 15) is 4.21 Å². The lowest BCUT2D eigenvalue weighted by atomic mass is 9.99. The summed E-state index contributed by atoms with van der Waals surface area (Å²) in [5, 5.41) is 0. The predicted octanol–water partition coefficient (Wildman–Crippen LogP) is 1.77. The van der Waals surface area contributed by atoms with Crippen LogP contribution in [0.4, 0.5) is 0 Å². The fraction of sp³-hybridized carbons (Fsp3) is 0.455. The highest BCUT2D eigenvalue weighted by Crippen LogP contribution is 2.27. The average Bonchev–Trinajstić information content (AvgIpc) is 2.68. The molecule has 0 aliphatic carbocycles. The summed E-state index contributed by atoms with van der Waals surface area (Å²) in [6.45, 7) is 1.90. The van der Waals surface area contributed by atoms with E-state index in [1.807, 2.05) is 10.4 Å². The van der Waals surface area contributed by atoms with Gasteiger partial charge in [-0.3, -0.25) is 0 Å². The molecule has 1 fully saturated rings. The Balaban J connectivity index is 2.06. The third-order valence-electron chi connectivity index (χ3n) is 2.79. The van der Waals surface area contributed by atoms with Gasteiger partial charge < -0.3 is 0 Å². The number of nitrogens with zero attached hydrogens (tertiary/aromatic N) is 1. The van der Waals surface area contributed by atoms with Crippen molar-refractivity contribution in [2.75, 3.05) is 19.3 Å². The Hall–Kier alpha value is -0.670. The molecule has 1 unspecified atom stereocenters. The lowest BCUT2D eigenvalue weighted by Crippen LogP contribution is -2.21. The van der Waals surface area contributed by atoms with E-state index in [0.717, 1.165) is 19.5 Å². The maximum absolute atomic E-state index is 11.3. The van der Waals surface area contributed by atoms with Gasteiger partial charge >= 0.3 is 0 Å². The van der Waals surface area contributed by atoms with Crippen molar-refractivity contribution in [3.8, 4) is 0 Å². The SMILES string of the molecule is CS(=O)N1CC[C@@H](c2ccccc2)C1. The molecule has 2 atom stereocenters. The van der Waals surface area contributed by atoms with Gasteiger partial charge in [0.15, 0.2) is 0 Å². The van der Waals surface area contributed by atoms with Gasteiger partial charge in [-0.2, -0.15) is 0 Å². The molecule has 14 heavy (non-hydrogen) atoms. The van der Waals surface area contributed by atoms with Crippen LogP contribution in [0.25, 0.3) is 0 Å². The summed E-state index contributed by atoms with van der Waals surface area (Å²) in [5.41, 5.74) is 1.38. The van der Waals surface area contributed by atoms with Gasteiger partial charge in [0.05, 0.1) is 11.0 Å². The Morgan fingerprint density at radius 2 is 2.07 bits per heavy atom. The quantitative estimate of drug-likeness (QED) is 0.727. The first kappa shape index (κ1) is 9.87. The van der Waals surface area contributed by atoms with Crippen molar-refractivity contribution in [3.63, 3.8) is 0 Å². The Labute approximate surface area is 87.5 Å². The zero-order valence-corrected chi connectivity index (χ0v) is 9.17. The molecule has 1 aliphatic heterocycles. The summed E-state index contributed by atoms with van der Waals surface area (Å²) in [4.78, 5) is 0. The zero-order chi connectivity index (χ0) is 9.97. The van der Waals surface area contributed by atoms with Gasteiger partial charge in [0.1, 0.15) is 0 Å². The summed E-state index contributed by atoms with van der Waals surface area (Å²) in [6, 6.07) is 10.5. The van der Waals surface area contributed by atoms with Crippen molar-refractivity contribution in [1.82, 2.24) is 4.31 Å². The fourth-order valence-corrected chi connectivity index (χ4v) is 2.71. The molecule has 3 heteroatoms. The highest BCUT2D eigenvalue weighted by atomic mass is 32.2. The summed E-state index contributed by atoms with van der Waals surface area (Å²) in [7, 11) is -0.802. The van der Waals surface area contributed by atoms with Gasteiger partial charge in [-0.15, -0.1) is 0 Å². The molecule has 2 rings (SSSR count). The molecule has 0 spiro atoms. The molecular formula is C11H15NOS. The lowest BCUT2D eigenvalue weighted by Gasteiger charge is -2.12. The van der Waals surface area contributed by atoms with Crippen LogP contribution in [0.1, 0.15) is 17.9 Å². The van der Waals surface area contributed by atoms with Gasteiger partial charge in [0, 0.05) is 19.3 Å². The van der Waals surface area contributed by atoms with Crippen molar-refractivity contribution < 1.29 is 4.21 Å². The van der Waals surface area contributed by atoms with Crippen LogP contribution in [-0.2, 0) is 11.0 Å². The Morgan fingerprint density at radius 3 is 2.64 bits per heavy atom. The molecule has 1 aromatic rings. The maximum atomic E-state index is 11.3. The number of benzene rings is 1. The fourth-order valence-electron chi connectivity index (χ4n) is 1.96. The van der Waals surface area contributed by atoms with E-state index in [1.165, 1.54) is 5.56 Å². The third-order valence-corrected chi connectivity index (χ3v) is 3.84. The molecule has 2 nitrogen and oxygen atoms in total. The van der Waals surface area contributed by atoms with E-state index in [1.54, 1.807) is 6.26 Å². The Morgan fingerprint density at radius 1 is 1.36 bits per heavy atom. The number of hydrogen-bond acceptors (Lipinski definition) is 1. The Kier molecular flexibility index (Phi) is 2.99. The largest absolute Gasteiger partial charge is 0.243 e. The molecule has 1 aromatic carbocycles. The van der Waals surface area contributed by atoms with E-state index < -0.39 is 11.0 Å². The molecule has 1 heterocycles. The topological polar surface area (TPSA) is 20.3 Å². The molecule has 0 amide bonds. The van der Waals surface area contributed by atoms with Crippen molar-refractivity contribution in [2.24, 2.45) is 0 Å². The van der Waals surface area contributed by atoms with Gasteiger partial charge in [-0.25, -0.2) is 8.51 Å². The van der Waals surface area contributed by atoms with Crippen LogP contribution in [0, 0.1) is 0 Å². The highest BCUT2D eigenvalue weighted by molar-refractivity contribution is 7.81. The summed E-state index contributed by atoms with van der Waals surface area (Å²) in [5.74, 6) is 0.570. The standard InChI is InChI=1S/C11H15NOS/c1-14(13)12-8-7-11(9-12)10-5-3-2-4-6-10/h2-6,11H,7-9H2,1H3/t11-,14?/m1/s1. The Bertz CT molecular complexity index is 325.